The van der Waals surface area contributed by atoms with Crippen molar-refractivity contribution in [1.82, 2.24) is 10.6 Å². The summed E-state index contributed by atoms with van der Waals surface area (Å²) in [5.41, 5.74) is 1.60. The molecule has 1 atom stereocenters. The molecule has 0 aliphatic carbocycles. The second-order valence-corrected chi connectivity index (χ2v) is 6.87. The predicted molar refractivity (Wildman–Crippen MR) is 107 cm³/mol. The van der Waals surface area contributed by atoms with Gasteiger partial charge in [0.1, 0.15) is 13.2 Å². The molecule has 3 amide bonds. The number of benzene rings is 2. The van der Waals surface area contributed by atoms with Crippen LogP contribution in [-0.4, -0.2) is 31.7 Å². The maximum Gasteiger partial charge on any atom is 0.319 e. The number of fused-ring (bicyclic) bond motifs is 1. The average molecular weight is 383 g/mol. The molecule has 0 bridgehead atoms. The molecule has 0 spiro atoms. The minimum absolute atomic E-state index is 0.119. The van der Waals surface area contributed by atoms with Crippen LogP contribution in [0.5, 0.6) is 11.5 Å². The molecule has 0 fully saturated rings. The smallest absolute Gasteiger partial charge is 0.319 e. The van der Waals surface area contributed by atoms with Crippen LogP contribution in [-0.2, 0) is 4.79 Å². The van der Waals surface area contributed by atoms with E-state index in [9.17, 15) is 9.59 Å². The molecule has 28 heavy (non-hydrogen) atoms. The lowest BCUT2D eigenvalue weighted by Gasteiger charge is -2.25. The number of amides is 3. The first kappa shape index (κ1) is 19.5. The molecule has 0 radical (unpaired) electrons. The number of anilines is 1. The summed E-state index contributed by atoms with van der Waals surface area (Å²) in [5, 5.41) is 8.23. The van der Waals surface area contributed by atoms with Crippen molar-refractivity contribution >= 4 is 17.6 Å². The number of nitrogens with one attached hydrogen (secondary N) is 3. The first-order valence-electron chi connectivity index (χ1n) is 9.32. The molecule has 2 aromatic rings. The van der Waals surface area contributed by atoms with Crippen LogP contribution < -0.4 is 25.4 Å². The fourth-order valence-electron chi connectivity index (χ4n) is 2.97. The molecule has 2 aromatic carbocycles. The van der Waals surface area contributed by atoms with E-state index in [1.54, 1.807) is 12.1 Å². The first-order chi connectivity index (χ1) is 13.5. The van der Waals surface area contributed by atoms with Crippen molar-refractivity contribution in [3.8, 4) is 11.5 Å². The Balaban J connectivity index is 1.56. The molecular formula is C21H25N3O4. The molecule has 0 aromatic heterocycles. The molecule has 1 aliphatic rings. The highest BCUT2D eigenvalue weighted by molar-refractivity contribution is 5.92. The maximum absolute atomic E-state index is 12.4. The highest BCUT2D eigenvalue weighted by Gasteiger charge is 2.21. The van der Waals surface area contributed by atoms with Gasteiger partial charge in [0.05, 0.1) is 12.6 Å². The van der Waals surface area contributed by atoms with E-state index in [0.717, 1.165) is 5.56 Å². The second-order valence-electron chi connectivity index (χ2n) is 6.87. The van der Waals surface area contributed by atoms with Gasteiger partial charge in [0, 0.05) is 5.69 Å². The van der Waals surface area contributed by atoms with Crippen LogP contribution in [0.4, 0.5) is 10.5 Å². The summed E-state index contributed by atoms with van der Waals surface area (Å²) in [4.78, 5) is 24.3. The highest BCUT2D eigenvalue weighted by atomic mass is 16.6. The van der Waals surface area contributed by atoms with E-state index in [2.05, 4.69) is 16.0 Å². The molecule has 0 saturated heterocycles. The number of para-hydroxylation sites is 1. The van der Waals surface area contributed by atoms with Gasteiger partial charge in [-0.05, 0) is 35.7 Å². The molecule has 3 rings (SSSR count). The van der Waals surface area contributed by atoms with Gasteiger partial charge in [0.15, 0.2) is 11.5 Å². The SMILES string of the molecule is CC(C)C(NC(=O)CNC(=O)Nc1ccccc1)c1ccc2c(c1)OCCO2. The molecule has 7 heteroatoms. The molecule has 0 saturated carbocycles. The summed E-state index contributed by atoms with van der Waals surface area (Å²) in [5.74, 6) is 1.29. The van der Waals surface area contributed by atoms with Crippen molar-refractivity contribution < 1.29 is 19.1 Å². The summed E-state index contributed by atoms with van der Waals surface area (Å²) in [7, 11) is 0. The number of hydrogen-bond acceptors (Lipinski definition) is 4. The van der Waals surface area contributed by atoms with Gasteiger partial charge in [-0.2, -0.15) is 0 Å². The lowest BCUT2D eigenvalue weighted by atomic mass is 9.95. The fraction of sp³-hybridized carbons (Fsp3) is 0.333. The lowest BCUT2D eigenvalue weighted by molar-refractivity contribution is -0.121. The minimum atomic E-state index is -0.429. The Morgan fingerprint density at radius 2 is 1.71 bits per heavy atom. The first-order valence-corrected chi connectivity index (χ1v) is 9.32. The van der Waals surface area contributed by atoms with Gasteiger partial charge in [-0.15, -0.1) is 0 Å². The topological polar surface area (TPSA) is 88.7 Å². The van der Waals surface area contributed by atoms with E-state index in [-0.39, 0.29) is 24.4 Å². The number of carbonyl (C=O) groups excluding carboxylic acids is 2. The van der Waals surface area contributed by atoms with Crippen LogP contribution in [0.15, 0.2) is 48.5 Å². The van der Waals surface area contributed by atoms with Gasteiger partial charge in [-0.25, -0.2) is 4.79 Å². The number of ether oxygens (including phenoxy) is 2. The third-order valence-corrected chi connectivity index (χ3v) is 4.35. The van der Waals surface area contributed by atoms with E-state index in [1.807, 2.05) is 50.2 Å². The van der Waals surface area contributed by atoms with E-state index in [1.165, 1.54) is 0 Å². The van der Waals surface area contributed by atoms with Crippen molar-refractivity contribution in [3.63, 3.8) is 0 Å². The predicted octanol–water partition coefficient (Wildman–Crippen LogP) is 3.09. The zero-order chi connectivity index (χ0) is 19.9. The van der Waals surface area contributed by atoms with Crippen molar-refractivity contribution in [2.75, 3.05) is 25.1 Å². The summed E-state index contributed by atoms with van der Waals surface area (Å²) in [6.45, 7) is 4.98. The normalized spacial score (nSPS) is 13.5. The number of urea groups is 1. The summed E-state index contributed by atoms with van der Waals surface area (Å²) >= 11 is 0. The Morgan fingerprint density at radius 3 is 2.43 bits per heavy atom. The zero-order valence-electron chi connectivity index (χ0n) is 16.0. The molecule has 148 valence electrons. The van der Waals surface area contributed by atoms with Gasteiger partial charge >= 0.3 is 6.03 Å². The van der Waals surface area contributed by atoms with Crippen LogP contribution in [0.25, 0.3) is 0 Å². The Hall–Kier alpha value is -3.22. The number of hydrogen-bond donors (Lipinski definition) is 3. The van der Waals surface area contributed by atoms with Crippen molar-refractivity contribution in [3.05, 3.63) is 54.1 Å². The lowest BCUT2D eigenvalue weighted by Crippen LogP contribution is -2.41. The van der Waals surface area contributed by atoms with E-state index >= 15 is 0 Å². The van der Waals surface area contributed by atoms with Gasteiger partial charge in [-0.3, -0.25) is 4.79 Å². The van der Waals surface area contributed by atoms with Crippen LogP contribution in [0.1, 0.15) is 25.5 Å². The monoisotopic (exact) mass is 383 g/mol. The van der Waals surface area contributed by atoms with Crippen molar-refractivity contribution in [1.29, 1.82) is 0 Å². The Labute approximate surface area is 164 Å². The van der Waals surface area contributed by atoms with E-state index in [4.69, 9.17) is 9.47 Å². The number of rotatable bonds is 6. The van der Waals surface area contributed by atoms with Gasteiger partial charge in [-0.1, -0.05) is 38.1 Å². The van der Waals surface area contributed by atoms with Crippen LogP contribution in [0.2, 0.25) is 0 Å². The van der Waals surface area contributed by atoms with Crippen LogP contribution >= 0.6 is 0 Å². The number of carbonyl (C=O) groups is 2. The minimum Gasteiger partial charge on any atom is -0.486 e. The Morgan fingerprint density at radius 1 is 1.00 bits per heavy atom. The third-order valence-electron chi connectivity index (χ3n) is 4.35. The van der Waals surface area contributed by atoms with Gasteiger partial charge in [0.25, 0.3) is 0 Å². The summed E-state index contributed by atoms with van der Waals surface area (Å²) in [6, 6.07) is 14.1. The van der Waals surface area contributed by atoms with E-state index < -0.39 is 6.03 Å². The third kappa shape index (κ3) is 5.16. The Bertz CT molecular complexity index is 824. The molecular weight excluding hydrogens is 358 g/mol. The maximum atomic E-state index is 12.4. The molecule has 7 nitrogen and oxygen atoms in total. The fourth-order valence-corrected chi connectivity index (χ4v) is 2.97. The molecule has 1 heterocycles. The standard InChI is InChI=1S/C21H25N3O4/c1-14(2)20(15-8-9-17-18(12-15)28-11-10-27-17)24-19(25)13-22-21(26)23-16-6-4-3-5-7-16/h3-9,12,14,20H,10-11,13H2,1-2H3,(H,24,25)(H2,22,23,26). The van der Waals surface area contributed by atoms with Crippen LogP contribution in [0, 0.1) is 5.92 Å². The van der Waals surface area contributed by atoms with Crippen molar-refractivity contribution in [2.45, 2.75) is 19.9 Å². The quantitative estimate of drug-likeness (QED) is 0.715. The highest BCUT2D eigenvalue weighted by Crippen LogP contribution is 2.34. The molecule has 1 aliphatic heterocycles. The largest absolute Gasteiger partial charge is 0.486 e. The summed E-state index contributed by atoms with van der Waals surface area (Å²) in [6.07, 6.45) is 0. The molecule has 1 unspecified atom stereocenters. The van der Waals surface area contributed by atoms with Gasteiger partial charge in [0.2, 0.25) is 5.91 Å². The average Bonchev–Trinajstić information content (AvgIpc) is 2.70. The van der Waals surface area contributed by atoms with Crippen molar-refractivity contribution in [2.24, 2.45) is 5.92 Å². The second kappa shape index (κ2) is 9.12. The zero-order valence-corrected chi connectivity index (χ0v) is 16.0. The van der Waals surface area contributed by atoms with Gasteiger partial charge < -0.3 is 25.4 Å². The van der Waals surface area contributed by atoms with Crippen LogP contribution in [0.3, 0.4) is 0 Å². The van der Waals surface area contributed by atoms with E-state index in [0.29, 0.717) is 30.4 Å². The Kier molecular flexibility index (Phi) is 6.37. The summed E-state index contributed by atoms with van der Waals surface area (Å²) < 4.78 is 11.2. The molecule has 3 N–H and O–H groups in total.